The molecule has 20 heavy (non-hydrogen) atoms. The van der Waals surface area contributed by atoms with Gasteiger partial charge in [0.1, 0.15) is 0 Å². The predicted octanol–water partition coefficient (Wildman–Crippen LogP) is 2.88. The molecule has 1 aliphatic rings. The summed E-state index contributed by atoms with van der Waals surface area (Å²) >= 11 is 0. The Morgan fingerprint density at radius 1 is 1.35 bits per heavy atom. The van der Waals surface area contributed by atoms with Gasteiger partial charge >= 0.3 is 0 Å². The Hall–Kier alpha value is -0.900. The van der Waals surface area contributed by atoms with Crippen LogP contribution in [0.3, 0.4) is 0 Å². The minimum absolute atomic E-state index is 0.171. The van der Waals surface area contributed by atoms with Gasteiger partial charge in [-0.3, -0.25) is 4.90 Å². The highest BCUT2D eigenvalue weighted by molar-refractivity contribution is 5.26. The second-order valence-corrected chi connectivity index (χ2v) is 5.94. The van der Waals surface area contributed by atoms with E-state index in [2.05, 4.69) is 50.1 Å². The van der Waals surface area contributed by atoms with E-state index in [9.17, 15) is 0 Å². The van der Waals surface area contributed by atoms with E-state index < -0.39 is 0 Å². The number of aryl methyl sites for hydroxylation is 1. The molecule has 2 unspecified atom stereocenters. The summed E-state index contributed by atoms with van der Waals surface area (Å²) in [6, 6.07) is 9.81. The normalized spacial score (nSPS) is 20.1. The lowest BCUT2D eigenvalue weighted by Crippen LogP contribution is -2.45. The topological polar surface area (TPSA) is 38.5 Å². The molecule has 2 atom stereocenters. The first kappa shape index (κ1) is 15.5. The highest BCUT2D eigenvalue weighted by atomic mass is 16.5. The van der Waals surface area contributed by atoms with E-state index in [1.807, 2.05) is 0 Å². The smallest absolute Gasteiger partial charge is 0.0499 e. The maximum atomic E-state index is 6.43. The fourth-order valence-corrected chi connectivity index (χ4v) is 3.18. The predicted molar refractivity (Wildman–Crippen MR) is 83.8 cm³/mol. The van der Waals surface area contributed by atoms with Crippen LogP contribution in [0.5, 0.6) is 0 Å². The highest BCUT2D eigenvalue weighted by Gasteiger charge is 2.29. The van der Waals surface area contributed by atoms with Crippen LogP contribution < -0.4 is 5.73 Å². The molecule has 0 spiro atoms. The van der Waals surface area contributed by atoms with Crippen LogP contribution in [-0.2, 0) is 4.74 Å². The van der Waals surface area contributed by atoms with Crippen molar-refractivity contribution >= 4 is 0 Å². The van der Waals surface area contributed by atoms with E-state index in [1.165, 1.54) is 11.1 Å². The van der Waals surface area contributed by atoms with Crippen molar-refractivity contribution in [1.82, 2.24) is 4.90 Å². The lowest BCUT2D eigenvalue weighted by atomic mass is 9.93. The number of hydrogen-bond acceptors (Lipinski definition) is 3. The molecule has 1 aromatic rings. The Morgan fingerprint density at radius 3 is 2.65 bits per heavy atom. The Balaban J connectivity index is 2.22. The summed E-state index contributed by atoms with van der Waals surface area (Å²) in [7, 11) is 2.22. The van der Waals surface area contributed by atoms with Gasteiger partial charge < -0.3 is 10.5 Å². The molecule has 1 saturated heterocycles. The molecule has 2 N–H and O–H groups in total. The standard InChI is InChI=1S/C17H28N2O/c1-4-16(18)17(14-7-5-6-13(2)12-14)19(3)15-8-10-20-11-9-15/h5-7,12,15-17H,4,8-11,18H2,1-3H3. The van der Waals surface area contributed by atoms with Crippen LogP contribution in [0.25, 0.3) is 0 Å². The van der Waals surface area contributed by atoms with E-state index in [0.29, 0.717) is 12.1 Å². The van der Waals surface area contributed by atoms with Gasteiger partial charge in [0, 0.05) is 31.3 Å². The zero-order valence-corrected chi connectivity index (χ0v) is 13.0. The van der Waals surface area contributed by atoms with Crippen LogP contribution in [0.2, 0.25) is 0 Å². The average Bonchev–Trinajstić information content (AvgIpc) is 2.48. The third-order valence-electron chi connectivity index (χ3n) is 4.47. The van der Waals surface area contributed by atoms with Gasteiger partial charge in [-0.15, -0.1) is 0 Å². The second kappa shape index (κ2) is 7.21. The largest absolute Gasteiger partial charge is 0.381 e. The lowest BCUT2D eigenvalue weighted by molar-refractivity contribution is 0.0233. The summed E-state index contributed by atoms with van der Waals surface area (Å²) in [6.07, 6.45) is 3.21. The van der Waals surface area contributed by atoms with Gasteiger partial charge in [-0.25, -0.2) is 0 Å². The number of rotatable bonds is 5. The van der Waals surface area contributed by atoms with Crippen molar-refractivity contribution in [1.29, 1.82) is 0 Å². The fraction of sp³-hybridized carbons (Fsp3) is 0.647. The first-order chi connectivity index (χ1) is 9.63. The van der Waals surface area contributed by atoms with Crippen LogP contribution in [0.15, 0.2) is 24.3 Å². The number of nitrogens with two attached hydrogens (primary N) is 1. The molecule has 0 bridgehead atoms. The molecule has 0 aliphatic carbocycles. The highest BCUT2D eigenvalue weighted by Crippen LogP contribution is 2.29. The molecule has 1 heterocycles. The molecule has 0 saturated carbocycles. The molecule has 3 heteroatoms. The molecular formula is C17H28N2O. The third-order valence-corrected chi connectivity index (χ3v) is 4.47. The van der Waals surface area contributed by atoms with Crippen LogP contribution >= 0.6 is 0 Å². The van der Waals surface area contributed by atoms with Gasteiger partial charge in [-0.05, 0) is 38.8 Å². The third kappa shape index (κ3) is 3.60. The maximum Gasteiger partial charge on any atom is 0.0499 e. The zero-order valence-electron chi connectivity index (χ0n) is 13.0. The SMILES string of the molecule is CCC(N)C(c1cccc(C)c1)N(C)C1CCOCC1. The molecule has 1 fully saturated rings. The Morgan fingerprint density at radius 2 is 2.05 bits per heavy atom. The number of ether oxygens (including phenoxy) is 1. The molecular weight excluding hydrogens is 248 g/mol. The molecule has 3 nitrogen and oxygen atoms in total. The van der Waals surface area contributed by atoms with Gasteiger partial charge in [0.2, 0.25) is 0 Å². The van der Waals surface area contributed by atoms with Crippen LogP contribution in [0.4, 0.5) is 0 Å². The molecule has 0 aromatic heterocycles. The molecule has 112 valence electrons. The minimum atomic E-state index is 0.171. The van der Waals surface area contributed by atoms with E-state index in [1.54, 1.807) is 0 Å². The number of likely N-dealkylation sites (N-methyl/N-ethyl adjacent to an activating group) is 1. The quantitative estimate of drug-likeness (QED) is 0.898. The van der Waals surface area contributed by atoms with Crippen molar-refractivity contribution in [3.05, 3.63) is 35.4 Å². The summed E-state index contributed by atoms with van der Waals surface area (Å²) in [6.45, 7) is 6.06. The van der Waals surface area contributed by atoms with Crippen molar-refractivity contribution in [2.75, 3.05) is 20.3 Å². The number of benzene rings is 1. The summed E-state index contributed by atoms with van der Waals surface area (Å²) in [5.41, 5.74) is 9.08. The van der Waals surface area contributed by atoms with Crippen molar-refractivity contribution in [2.45, 2.75) is 51.2 Å². The van der Waals surface area contributed by atoms with Crippen molar-refractivity contribution in [3.63, 3.8) is 0 Å². The summed E-state index contributed by atoms with van der Waals surface area (Å²) in [5.74, 6) is 0. The lowest BCUT2D eigenvalue weighted by Gasteiger charge is -2.40. The van der Waals surface area contributed by atoms with Gasteiger partial charge in [0.05, 0.1) is 0 Å². The van der Waals surface area contributed by atoms with Crippen molar-refractivity contribution in [3.8, 4) is 0 Å². The Kier molecular flexibility index (Phi) is 5.58. The van der Waals surface area contributed by atoms with Gasteiger partial charge in [-0.1, -0.05) is 36.8 Å². The van der Waals surface area contributed by atoms with E-state index in [-0.39, 0.29) is 6.04 Å². The van der Waals surface area contributed by atoms with Crippen molar-refractivity contribution < 1.29 is 4.74 Å². The first-order valence-electron chi connectivity index (χ1n) is 7.75. The maximum absolute atomic E-state index is 6.43. The zero-order chi connectivity index (χ0) is 14.5. The minimum Gasteiger partial charge on any atom is -0.381 e. The van der Waals surface area contributed by atoms with Gasteiger partial charge in [0.15, 0.2) is 0 Å². The van der Waals surface area contributed by atoms with E-state index in [4.69, 9.17) is 10.5 Å². The monoisotopic (exact) mass is 276 g/mol. The molecule has 0 amide bonds. The summed E-state index contributed by atoms with van der Waals surface area (Å²) in [5, 5.41) is 0. The van der Waals surface area contributed by atoms with Crippen LogP contribution in [0, 0.1) is 6.92 Å². The van der Waals surface area contributed by atoms with Gasteiger partial charge in [0.25, 0.3) is 0 Å². The molecule has 0 radical (unpaired) electrons. The Bertz CT molecular complexity index is 415. The molecule has 1 aliphatic heterocycles. The number of hydrogen-bond donors (Lipinski definition) is 1. The van der Waals surface area contributed by atoms with Crippen LogP contribution in [0.1, 0.15) is 43.4 Å². The second-order valence-electron chi connectivity index (χ2n) is 5.94. The summed E-state index contributed by atoms with van der Waals surface area (Å²) in [4.78, 5) is 2.48. The Labute approximate surface area is 123 Å². The van der Waals surface area contributed by atoms with Crippen LogP contribution in [-0.4, -0.2) is 37.2 Å². The average molecular weight is 276 g/mol. The van der Waals surface area contributed by atoms with Crippen molar-refractivity contribution in [2.24, 2.45) is 5.73 Å². The van der Waals surface area contributed by atoms with E-state index in [0.717, 1.165) is 32.5 Å². The molecule has 2 rings (SSSR count). The summed E-state index contributed by atoms with van der Waals surface area (Å²) < 4.78 is 5.48. The first-order valence-corrected chi connectivity index (χ1v) is 7.75. The van der Waals surface area contributed by atoms with Gasteiger partial charge in [-0.2, -0.15) is 0 Å². The fourth-order valence-electron chi connectivity index (χ4n) is 3.18. The van der Waals surface area contributed by atoms with E-state index >= 15 is 0 Å². The molecule has 1 aromatic carbocycles. The number of nitrogens with zero attached hydrogens (tertiary/aromatic N) is 1.